The first-order chi connectivity index (χ1) is 8.70. The minimum absolute atomic E-state index is 0.134. The van der Waals surface area contributed by atoms with Crippen LogP contribution in [0, 0.1) is 5.92 Å². The highest BCUT2D eigenvalue weighted by molar-refractivity contribution is 4.55. The molecule has 0 aromatic carbocycles. The lowest BCUT2D eigenvalue weighted by Gasteiger charge is -2.19. The summed E-state index contributed by atoms with van der Waals surface area (Å²) >= 11 is 0. The molecule has 0 aliphatic heterocycles. The molecule has 0 bridgehead atoms. The van der Waals surface area contributed by atoms with E-state index in [1.54, 1.807) is 0 Å². The molecule has 2 N–H and O–H groups in total. The van der Waals surface area contributed by atoms with Crippen LogP contribution < -0.4 is 0 Å². The van der Waals surface area contributed by atoms with Gasteiger partial charge in [-0.15, -0.1) is 0 Å². The number of aliphatic hydroxyl groups excluding tert-OH is 2. The number of hydrogen-bond donors (Lipinski definition) is 2. The van der Waals surface area contributed by atoms with Crippen LogP contribution in [0.15, 0.2) is 0 Å². The van der Waals surface area contributed by atoms with E-state index in [9.17, 15) is 0 Å². The van der Waals surface area contributed by atoms with Crippen LogP contribution in [0.4, 0.5) is 0 Å². The van der Waals surface area contributed by atoms with Crippen molar-refractivity contribution in [1.29, 1.82) is 0 Å². The van der Waals surface area contributed by atoms with Gasteiger partial charge in [0.1, 0.15) is 0 Å². The van der Waals surface area contributed by atoms with Crippen molar-refractivity contribution in [1.82, 2.24) is 4.90 Å². The van der Waals surface area contributed by atoms with Crippen LogP contribution in [0.2, 0.25) is 0 Å². The Balaban J connectivity index is 3.26. The molecule has 0 aliphatic carbocycles. The summed E-state index contributed by atoms with van der Waals surface area (Å²) in [6.07, 6.45) is 4.98. The molecule has 0 saturated carbocycles. The highest BCUT2D eigenvalue weighted by atomic mass is 16.5. The third kappa shape index (κ3) is 12.3. The van der Waals surface area contributed by atoms with E-state index in [4.69, 9.17) is 14.9 Å². The second-order valence-corrected chi connectivity index (χ2v) is 5.14. The number of rotatable bonds is 13. The quantitative estimate of drug-likeness (QED) is 0.493. The lowest BCUT2D eigenvalue weighted by atomic mass is 10.1. The Labute approximate surface area is 112 Å². The van der Waals surface area contributed by atoms with E-state index in [0.717, 1.165) is 25.5 Å². The van der Waals surface area contributed by atoms with Gasteiger partial charge in [0.15, 0.2) is 0 Å². The zero-order chi connectivity index (χ0) is 13.6. The van der Waals surface area contributed by atoms with Crippen LogP contribution >= 0.6 is 0 Å². The van der Waals surface area contributed by atoms with Crippen molar-refractivity contribution >= 4 is 0 Å². The first-order valence-corrected chi connectivity index (χ1v) is 7.22. The maximum absolute atomic E-state index is 8.84. The van der Waals surface area contributed by atoms with Gasteiger partial charge in [-0.25, -0.2) is 0 Å². The molecule has 0 saturated heterocycles. The SMILES string of the molecule is CC(C)CCCCCOCCN(CCO)CCO. The number of aliphatic hydroxyl groups is 2. The Morgan fingerprint density at radius 3 is 2.11 bits per heavy atom. The molecule has 0 rings (SSSR count). The zero-order valence-corrected chi connectivity index (χ0v) is 12.1. The van der Waals surface area contributed by atoms with E-state index in [0.29, 0.717) is 19.7 Å². The number of nitrogens with zero attached hydrogens (tertiary/aromatic N) is 1. The van der Waals surface area contributed by atoms with Crippen LogP contribution in [-0.4, -0.2) is 61.2 Å². The third-order valence-electron chi connectivity index (χ3n) is 2.95. The standard InChI is InChI=1S/C14H31NO3/c1-14(2)6-4-3-5-12-18-13-9-15(7-10-16)8-11-17/h14,16-17H,3-13H2,1-2H3. The predicted molar refractivity (Wildman–Crippen MR) is 74.7 cm³/mol. The molecular weight excluding hydrogens is 230 g/mol. The van der Waals surface area contributed by atoms with E-state index in [2.05, 4.69) is 13.8 Å². The summed E-state index contributed by atoms with van der Waals surface area (Å²) < 4.78 is 5.56. The van der Waals surface area contributed by atoms with Gasteiger partial charge in [0.2, 0.25) is 0 Å². The maximum Gasteiger partial charge on any atom is 0.0593 e. The predicted octanol–water partition coefficient (Wildman–Crippen LogP) is 1.51. The minimum Gasteiger partial charge on any atom is -0.395 e. The van der Waals surface area contributed by atoms with Gasteiger partial charge in [-0.3, -0.25) is 4.90 Å². The molecule has 0 atom stereocenters. The molecule has 0 heterocycles. The Bertz CT molecular complexity index is 159. The molecule has 0 unspecified atom stereocenters. The lowest BCUT2D eigenvalue weighted by molar-refractivity contribution is 0.0848. The minimum atomic E-state index is 0.134. The molecule has 0 radical (unpaired) electrons. The zero-order valence-electron chi connectivity index (χ0n) is 12.1. The summed E-state index contributed by atoms with van der Waals surface area (Å²) in [7, 11) is 0. The van der Waals surface area contributed by atoms with Crippen LogP contribution in [0.5, 0.6) is 0 Å². The van der Waals surface area contributed by atoms with Crippen molar-refractivity contribution in [2.24, 2.45) is 5.92 Å². The van der Waals surface area contributed by atoms with Crippen molar-refractivity contribution in [3.05, 3.63) is 0 Å². The lowest BCUT2D eigenvalue weighted by Crippen LogP contribution is -2.33. The highest BCUT2D eigenvalue weighted by Gasteiger charge is 2.02. The van der Waals surface area contributed by atoms with E-state index in [1.807, 2.05) is 4.90 Å². The van der Waals surface area contributed by atoms with Crippen LogP contribution in [0.3, 0.4) is 0 Å². The second-order valence-electron chi connectivity index (χ2n) is 5.14. The van der Waals surface area contributed by atoms with Crippen molar-refractivity contribution < 1.29 is 14.9 Å². The smallest absolute Gasteiger partial charge is 0.0593 e. The molecule has 110 valence electrons. The molecule has 0 aromatic heterocycles. The number of unbranched alkanes of at least 4 members (excludes halogenated alkanes) is 2. The summed E-state index contributed by atoms with van der Waals surface area (Å²) in [6.45, 7) is 8.29. The van der Waals surface area contributed by atoms with Crippen molar-refractivity contribution in [2.75, 3.05) is 46.1 Å². The van der Waals surface area contributed by atoms with Crippen LogP contribution in [0.1, 0.15) is 39.5 Å². The molecule has 0 aliphatic rings. The topological polar surface area (TPSA) is 52.9 Å². The van der Waals surface area contributed by atoms with Gasteiger partial charge < -0.3 is 14.9 Å². The molecule has 0 spiro atoms. The number of ether oxygens (including phenoxy) is 1. The van der Waals surface area contributed by atoms with Gasteiger partial charge in [0.25, 0.3) is 0 Å². The normalized spacial score (nSPS) is 11.7. The Morgan fingerprint density at radius 2 is 1.56 bits per heavy atom. The molecular formula is C14H31NO3. The summed E-state index contributed by atoms with van der Waals surface area (Å²) in [6, 6.07) is 0. The van der Waals surface area contributed by atoms with Gasteiger partial charge >= 0.3 is 0 Å². The van der Waals surface area contributed by atoms with E-state index in [-0.39, 0.29) is 13.2 Å². The molecule has 18 heavy (non-hydrogen) atoms. The Hall–Kier alpha value is -0.160. The van der Waals surface area contributed by atoms with Crippen molar-refractivity contribution in [3.63, 3.8) is 0 Å². The third-order valence-corrected chi connectivity index (χ3v) is 2.95. The van der Waals surface area contributed by atoms with Crippen LogP contribution in [-0.2, 0) is 4.74 Å². The largest absolute Gasteiger partial charge is 0.395 e. The van der Waals surface area contributed by atoms with Gasteiger partial charge in [-0.1, -0.05) is 33.1 Å². The molecule has 4 nitrogen and oxygen atoms in total. The average molecular weight is 261 g/mol. The fraction of sp³-hybridized carbons (Fsp3) is 1.00. The molecule has 0 aromatic rings. The van der Waals surface area contributed by atoms with Gasteiger partial charge in [0, 0.05) is 26.2 Å². The van der Waals surface area contributed by atoms with Gasteiger partial charge in [-0.2, -0.15) is 0 Å². The Morgan fingerprint density at radius 1 is 0.889 bits per heavy atom. The van der Waals surface area contributed by atoms with E-state index < -0.39 is 0 Å². The second kappa shape index (κ2) is 13.3. The van der Waals surface area contributed by atoms with Gasteiger partial charge in [-0.05, 0) is 12.3 Å². The average Bonchev–Trinajstić information content (AvgIpc) is 2.32. The molecule has 0 fully saturated rings. The first-order valence-electron chi connectivity index (χ1n) is 7.22. The summed E-state index contributed by atoms with van der Waals surface area (Å²) in [5.41, 5.74) is 0. The first kappa shape index (κ1) is 17.8. The van der Waals surface area contributed by atoms with E-state index >= 15 is 0 Å². The Kier molecular flexibility index (Phi) is 13.2. The molecule has 0 amide bonds. The highest BCUT2D eigenvalue weighted by Crippen LogP contribution is 2.07. The summed E-state index contributed by atoms with van der Waals surface area (Å²) in [5.74, 6) is 0.802. The van der Waals surface area contributed by atoms with E-state index in [1.165, 1.54) is 19.3 Å². The summed E-state index contributed by atoms with van der Waals surface area (Å²) in [5, 5.41) is 17.7. The molecule has 4 heteroatoms. The number of hydrogen-bond acceptors (Lipinski definition) is 4. The maximum atomic E-state index is 8.84. The van der Waals surface area contributed by atoms with Crippen molar-refractivity contribution in [3.8, 4) is 0 Å². The monoisotopic (exact) mass is 261 g/mol. The van der Waals surface area contributed by atoms with Gasteiger partial charge in [0.05, 0.1) is 19.8 Å². The fourth-order valence-electron chi connectivity index (χ4n) is 1.85. The van der Waals surface area contributed by atoms with Crippen molar-refractivity contribution in [2.45, 2.75) is 39.5 Å². The summed E-state index contributed by atoms with van der Waals surface area (Å²) in [4.78, 5) is 2.01. The van der Waals surface area contributed by atoms with Crippen LogP contribution in [0.25, 0.3) is 0 Å². The fourth-order valence-corrected chi connectivity index (χ4v) is 1.85.